The molecule has 0 bridgehead atoms. The van der Waals surface area contributed by atoms with Crippen LogP contribution in [0.2, 0.25) is 0 Å². The van der Waals surface area contributed by atoms with Crippen molar-refractivity contribution in [1.29, 1.82) is 0 Å². The number of nitrogens with one attached hydrogen (secondary N) is 1. The van der Waals surface area contributed by atoms with Crippen molar-refractivity contribution < 1.29 is 17.9 Å². The standard InChI is InChI=1S/C13H20F3NO/c1-8(7-13(14,15)16)17-10-9-3-6-18-11(9)12(10)4-2-5-12/h8-11,17H,2-7H2,1H3/t8-,9-,10-,11-/m1/s1. The molecular weight excluding hydrogens is 243 g/mol. The normalized spacial score (nSPS) is 39.0. The summed E-state index contributed by atoms with van der Waals surface area (Å²) < 4.78 is 42.9. The van der Waals surface area contributed by atoms with Gasteiger partial charge in [-0.3, -0.25) is 0 Å². The Balaban J connectivity index is 1.62. The minimum Gasteiger partial charge on any atom is -0.377 e. The number of hydrogen-bond acceptors (Lipinski definition) is 2. The first-order chi connectivity index (χ1) is 8.42. The van der Waals surface area contributed by atoms with E-state index in [1.165, 1.54) is 6.42 Å². The molecule has 4 atom stereocenters. The maximum Gasteiger partial charge on any atom is 0.390 e. The summed E-state index contributed by atoms with van der Waals surface area (Å²) in [6, 6.07) is -0.245. The maximum atomic E-state index is 12.4. The molecule has 0 aromatic rings. The number of alkyl halides is 3. The van der Waals surface area contributed by atoms with Gasteiger partial charge in [0.1, 0.15) is 0 Å². The highest BCUT2D eigenvalue weighted by molar-refractivity contribution is 5.18. The van der Waals surface area contributed by atoms with Gasteiger partial charge in [-0.15, -0.1) is 0 Å². The van der Waals surface area contributed by atoms with Gasteiger partial charge in [0, 0.05) is 30.0 Å². The zero-order valence-corrected chi connectivity index (χ0v) is 10.6. The predicted octanol–water partition coefficient (Wildman–Crippen LogP) is 2.87. The molecule has 0 radical (unpaired) electrons. The third kappa shape index (κ3) is 1.86. The third-order valence-corrected chi connectivity index (χ3v) is 5.04. The molecule has 1 aliphatic heterocycles. The highest BCUT2D eigenvalue weighted by Gasteiger charge is 2.66. The van der Waals surface area contributed by atoms with E-state index in [0.29, 0.717) is 12.0 Å². The fourth-order valence-corrected chi connectivity index (χ4v) is 4.21. The number of hydrogen-bond donors (Lipinski definition) is 1. The van der Waals surface area contributed by atoms with Gasteiger partial charge in [-0.25, -0.2) is 0 Å². The minimum atomic E-state index is -4.07. The van der Waals surface area contributed by atoms with Crippen LogP contribution in [-0.4, -0.2) is 31.0 Å². The van der Waals surface area contributed by atoms with E-state index in [-0.39, 0.29) is 11.5 Å². The fraction of sp³-hybridized carbons (Fsp3) is 1.00. The molecule has 3 fully saturated rings. The second-order valence-electron chi connectivity index (χ2n) is 6.20. The molecule has 0 unspecified atom stereocenters. The second kappa shape index (κ2) is 4.10. The Labute approximate surface area is 105 Å². The lowest BCUT2D eigenvalue weighted by Gasteiger charge is -2.64. The fourth-order valence-electron chi connectivity index (χ4n) is 4.21. The van der Waals surface area contributed by atoms with Gasteiger partial charge in [0.2, 0.25) is 0 Å². The number of ether oxygens (including phenoxy) is 1. The first-order valence-corrected chi connectivity index (χ1v) is 6.87. The summed E-state index contributed by atoms with van der Waals surface area (Å²) in [6.07, 6.45) is -0.0650. The van der Waals surface area contributed by atoms with Gasteiger partial charge >= 0.3 is 6.18 Å². The molecule has 3 rings (SSSR count). The monoisotopic (exact) mass is 263 g/mol. The van der Waals surface area contributed by atoms with Gasteiger partial charge in [-0.1, -0.05) is 6.42 Å². The molecule has 1 spiro atoms. The van der Waals surface area contributed by atoms with Crippen LogP contribution >= 0.6 is 0 Å². The van der Waals surface area contributed by atoms with E-state index >= 15 is 0 Å². The van der Waals surface area contributed by atoms with E-state index < -0.39 is 18.6 Å². The average molecular weight is 263 g/mol. The summed E-state index contributed by atoms with van der Waals surface area (Å²) in [7, 11) is 0. The average Bonchev–Trinajstić information content (AvgIpc) is 2.54. The van der Waals surface area contributed by atoms with Gasteiger partial charge in [0.05, 0.1) is 12.5 Å². The lowest BCUT2D eigenvalue weighted by Crippen LogP contribution is -2.72. The Hall–Kier alpha value is -0.290. The van der Waals surface area contributed by atoms with Gasteiger partial charge < -0.3 is 10.1 Å². The van der Waals surface area contributed by atoms with Crippen molar-refractivity contribution in [3.05, 3.63) is 0 Å². The van der Waals surface area contributed by atoms with Gasteiger partial charge in [0.25, 0.3) is 0 Å². The van der Waals surface area contributed by atoms with Crippen LogP contribution in [0.1, 0.15) is 39.0 Å². The Morgan fingerprint density at radius 3 is 2.67 bits per heavy atom. The summed E-state index contributed by atoms with van der Waals surface area (Å²) in [5.41, 5.74) is 0.168. The maximum absolute atomic E-state index is 12.4. The molecule has 18 heavy (non-hydrogen) atoms. The van der Waals surface area contributed by atoms with Crippen molar-refractivity contribution in [2.45, 2.75) is 63.4 Å². The van der Waals surface area contributed by atoms with Crippen molar-refractivity contribution in [2.24, 2.45) is 11.3 Å². The van der Waals surface area contributed by atoms with Crippen LogP contribution in [0.25, 0.3) is 0 Å². The summed E-state index contributed by atoms with van der Waals surface area (Å²) in [4.78, 5) is 0. The largest absolute Gasteiger partial charge is 0.390 e. The van der Waals surface area contributed by atoms with Crippen LogP contribution < -0.4 is 5.32 Å². The van der Waals surface area contributed by atoms with Crippen molar-refractivity contribution in [3.8, 4) is 0 Å². The zero-order valence-electron chi connectivity index (χ0n) is 10.6. The predicted molar refractivity (Wildman–Crippen MR) is 61.2 cm³/mol. The molecule has 1 saturated heterocycles. The van der Waals surface area contributed by atoms with Crippen molar-refractivity contribution in [2.75, 3.05) is 6.61 Å². The van der Waals surface area contributed by atoms with Gasteiger partial charge in [0.15, 0.2) is 0 Å². The van der Waals surface area contributed by atoms with E-state index in [4.69, 9.17) is 4.74 Å². The second-order valence-corrected chi connectivity index (χ2v) is 6.20. The van der Waals surface area contributed by atoms with E-state index in [0.717, 1.165) is 25.9 Å². The first kappa shape index (κ1) is 12.7. The number of rotatable bonds is 3. The van der Waals surface area contributed by atoms with Crippen LogP contribution in [0, 0.1) is 11.3 Å². The van der Waals surface area contributed by atoms with Gasteiger partial charge in [-0.05, 0) is 26.2 Å². The topological polar surface area (TPSA) is 21.3 Å². The van der Waals surface area contributed by atoms with Crippen LogP contribution in [0.4, 0.5) is 13.2 Å². The molecule has 2 aliphatic carbocycles. The van der Waals surface area contributed by atoms with Crippen LogP contribution in [0.3, 0.4) is 0 Å². The first-order valence-electron chi connectivity index (χ1n) is 6.87. The molecule has 1 N–H and O–H groups in total. The minimum absolute atomic E-state index is 0.168. The Kier molecular flexibility index (Phi) is 2.90. The summed E-state index contributed by atoms with van der Waals surface area (Å²) in [6.45, 7) is 2.42. The quantitative estimate of drug-likeness (QED) is 0.845. The van der Waals surface area contributed by atoms with Crippen LogP contribution in [0.5, 0.6) is 0 Å². The number of fused-ring (bicyclic) bond motifs is 2. The number of halogens is 3. The molecule has 2 nitrogen and oxygen atoms in total. The third-order valence-electron chi connectivity index (χ3n) is 5.04. The molecule has 0 aromatic heterocycles. The molecule has 3 aliphatic rings. The Morgan fingerprint density at radius 2 is 2.11 bits per heavy atom. The molecule has 0 aromatic carbocycles. The molecule has 5 heteroatoms. The van der Waals surface area contributed by atoms with Crippen molar-refractivity contribution in [3.63, 3.8) is 0 Å². The SMILES string of the molecule is C[C@H](CC(F)(F)F)N[C@@H]1[C@H]2CCO[C@H]2C12CCC2. The van der Waals surface area contributed by atoms with E-state index in [1.54, 1.807) is 6.92 Å². The molecule has 2 saturated carbocycles. The molecule has 104 valence electrons. The summed E-state index contributed by atoms with van der Waals surface area (Å²) in [5, 5.41) is 3.24. The molecular formula is C13H20F3NO. The lowest BCUT2D eigenvalue weighted by molar-refractivity contribution is -0.183. The highest BCUT2D eigenvalue weighted by Crippen LogP contribution is 2.62. The van der Waals surface area contributed by atoms with Crippen LogP contribution in [0.15, 0.2) is 0 Å². The summed E-state index contributed by atoms with van der Waals surface area (Å²) in [5.74, 6) is 0.445. The Bertz CT molecular complexity index is 327. The zero-order chi connectivity index (χ0) is 13.0. The van der Waals surface area contributed by atoms with Crippen molar-refractivity contribution in [1.82, 2.24) is 5.32 Å². The summed E-state index contributed by atoms with van der Waals surface area (Å²) >= 11 is 0. The molecule has 0 amide bonds. The van der Waals surface area contributed by atoms with Crippen molar-refractivity contribution >= 4 is 0 Å². The molecule has 1 heterocycles. The van der Waals surface area contributed by atoms with E-state index in [1.807, 2.05) is 0 Å². The van der Waals surface area contributed by atoms with E-state index in [2.05, 4.69) is 5.32 Å². The smallest absolute Gasteiger partial charge is 0.377 e. The lowest BCUT2D eigenvalue weighted by atomic mass is 9.46. The van der Waals surface area contributed by atoms with E-state index in [9.17, 15) is 13.2 Å². The van der Waals surface area contributed by atoms with Gasteiger partial charge in [-0.2, -0.15) is 13.2 Å². The highest BCUT2D eigenvalue weighted by atomic mass is 19.4. The Morgan fingerprint density at radius 1 is 1.39 bits per heavy atom. The van der Waals surface area contributed by atoms with Crippen LogP contribution in [-0.2, 0) is 4.74 Å².